The minimum absolute atomic E-state index is 0.00592. The van der Waals surface area contributed by atoms with Crippen LogP contribution >= 0.6 is 0 Å². The Bertz CT molecular complexity index is 1280. The zero-order chi connectivity index (χ0) is 27.6. The smallest absolute Gasteiger partial charge is 0.306 e. The Labute approximate surface area is 212 Å². The highest BCUT2D eigenvalue weighted by molar-refractivity contribution is 6.25. The lowest BCUT2D eigenvalue weighted by Crippen LogP contribution is -2.69. The molecule has 0 unspecified atom stereocenters. The molecule has 0 saturated heterocycles. The van der Waals surface area contributed by atoms with Crippen LogP contribution in [0, 0.1) is 11.8 Å². The number of fused-ring (bicyclic) bond motifs is 3. The summed E-state index contributed by atoms with van der Waals surface area (Å²) in [5.74, 6) is -9.61. The van der Waals surface area contributed by atoms with E-state index >= 15 is 0 Å². The number of carbonyl (C=O) groups is 4. The molecule has 0 aromatic heterocycles. The number of esters is 1. The van der Waals surface area contributed by atoms with Crippen molar-refractivity contribution in [1.29, 1.82) is 0 Å². The third-order valence-corrected chi connectivity index (χ3v) is 7.69. The van der Waals surface area contributed by atoms with E-state index in [9.17, 15) is 39.6 Å². The summed E-state index contributed by atoms with van der Waals surface area (Å²) in [5.41, 5.74) is 1.40. The Balaban J connectivity index is 2.09. The molecule has 3 aliphatic carbocycles. The fourth-order valence-electron chi connectivity index (χ4n) is 6.11. The summed E-state index contributed by atoms with van der Waals surface area (Å²) in [6.45, 7) is 3.45. The fraction of sp³-hybridized carbons (Fsp3) is 0.462. The van der Waals surface area contributed by atoms with Crippen molar-refractivity contribution >= 4 is 23.4 Å². The maximum atomic E-state index is 13.7. The van der Waals surface area contributed by atoms with Crippen molar-refractivity contribution in [3.63, 3.8) is 0 Å². The van der Waals surface area contributed by atoms with Crippen LogP contribution in [0.1, 0.15) is 48.5 Å². The Kier molecular flexibility index (Phi) is 6.41. The number of ether oxygens (including phenoxy) is 1. The summed E-state index contributed by atoms with van der Waals surface area (Å²) in [5, 5.41) is 44.9. The predicted octanol–water partition coefficient (Wildman–Crippen LogP) is 1.00. The van der Waals surface area contributed by atoms with Gasteiger partial charge in [0.15, 0.2) is 11.4 Å². The molecule has 6 N–H and O–H groups in total. The van der Waals surface area contributed by atoms with Crippen molar-refractivity contribution < 1.29 is 44.3 Å². The Hall–Kier alpha value is -3.70. The minimum Gasteiger partial charge on any atom is -0.510 e. The second kappa shape index (κ2) is 9.00. The summed E-state index contributed by atoms with van der Waals surface area (Å²) in [4.78, 5) is 53.6. The third-order valence-electron chi connectivity index (χ3n) is 7.69. The average Bonchev–Trinajstić information content (AvgIpc) is 2.80. The number of aromatic hydroxyl groups is 1. The van der Waals surface area contributed by atoms with Gasteiger partial charge in [-0.25, -0.2) is 0 Å². The summed E-state index contributed by atoms with van der Waals surface area (Å²) < 4.78 is 5.83. The van der Waals surface area contributed by atoms with Crippen LogP contribution in [0.3, 0.4) is 0 Å². The number of rotatable bonds is 5. The highest BCUT2D eigenvalue weighted by Crippen LogP contribution is 2.56. The molecular weight excluding hydrogens is 484 g/mol. The molecule has 0 fully saturated rings. The molecule has 11 heteroatoms. The first-order chi connectivity index (χ1) is 17.3. The topological polar surface area (TPSA) is 188 Å². The standard InChI is InChI=1S/C26H30N2O9/c1-5-7-13(30)37-22-14-10(2)11-8-6-9-12(29)15(11)20(31)16(14)23(33)26(36)18(22)19(28(3)4)21(32)17(24(26)34)25(27)35/h6,8-10,14,18-19,22,29,32-33,36H,5,7H2,1-4H3,(H2,27,35)/t10-,14+,18+,19-,22-,26-/m1/s1. The number of aliphatic hydroxyl groups excluding tert-OH is 2. The molecular formula is C26H30N2O9. The van der Waals surface area contributed by atoms with Crippen molar-refractivity contribution in [2.75, 3.05) is 14.1 Å². The second-order valence-electron chi connectivity index (χ2n) is 10.0. The Morgan fingerprint density at radius 2 is 1.81 bits per heavy atom. The number of hydrogen-bond donors (Lipinski definition) is 5. The van der Waals surface area contributed by atoms with Gasteiger partial charge in [-0.05, 0) is 38.1 Å². The van der Waals surface area contributed by atoms with Gasteiger partial charge in [0.25, 0.3) is 5.91 Å². The van der Waals surface area contributed by atoms with Gasteiger partial charge in [0.1, 0.15) is 28.9 Å². The molecule has 11 nitrogen and oxygen atoms in total. The monoisotopic (exact) mass is 514 g/mol. The van der Waals surface area contributed by atoms with Crippen LogP contribution in [-0.4, -0.2) is 80.6 Å². The van der Waals surface area contributed by atoms with Crippen molar-refractivity contribution in [1.82, 2.24) is 4.90 Å². The summed E-state index contributed by atoms with van der Waals surface area (Å²) in [7, 11) is 3.00. The Morgan fingerprint density at radius 3 is 2.38 bits per heavy atom. The quantitative estimate of drug-likeness (QED) is 0.280. The van der Waals surface area contributed by atoms with Crippen LogP contribution < -0.4 is 5.73 Å². The Morgan fingerprint density at radius 1 is 1.16 bits per heavy atom. The lowest BCUT2D eigenvalue weighted by molar-refractivity contribution is -0.181. The van der Waals surface area contributed by atoms with E-state index in [0.717, 1.165) is 0 Å². The highest BCUT2D eigenvalue weighted by atomic mass is 16.5. The van der Waals surface area contributed by atoms with Gasteiger partial charge < -0.3 is 30.9 Å². The molecule has 1 aromatic carbocycles. The molecule has 4 rings (SSSR count). The molecule has 1 amide bonds. The van der Waals surface area contributed by atoms with E-state index in [4.69, 9.17) is 10.5 Å². The number of phenolic OH excluding ortho intramolecular Hbond substituents is 1. The van der Waals surface area contributed by atoms with E-state index < -0.39 is 81.6 Å². The molecule has 6 atom stereocenters. The molecule has 0 saturated carbocycles. The number of aliphatic hydroxyl groups is 3. The molecule has 0 aliphatic heterocycles. The average molecular weight is 515 g/mol. The third kappa shape index (κ3) is 3.56. The van der Waals surface area contributed by atoms with E-state index in [1.54, 1.807) is 26.0 Å². The van der Waals surface area contributed by atoms with Crippen LogP contribution in [0.15, 0.2) is 40.9 Å². The maximum absolute atomic E-state index is 13.7. The van der Waals surface area contributed by atoms with Crippen molar-refractivity contribution in [3.8, 4) is 5.75 Å². The van der Waals surface area contributed by atoms with Crippen molar-refractivity contribution in [3.05, 3.63) is 52.0 Å². The van der Waals surface area contributed by atoms with Crippen molar-refractivity contribution in [2.45, 2.75) is 50.4 Å². The summed E-state index contributed by atoms with van der Waals surface area (Å²) >= 11 is 0. The molecule has 198 valence electrons. The van der Waals surface area contributed by atoms with Gasteiger partial charge in [0.05, 0.1) is 17.5 Å². The van der Waals surface area contributed by atoms with E-state index in [-0.39, 0.29) is 17.7 Å². The number of likely N-dealkylation sites (N-methyl/N-ethyl adjacent to an activating group) is 1. The largest absolute Gasteiger partial charge is 0.510 e. The van der Waals surface area contributed by atoms with Gasteiger partial charge in [0.2, 0.25) is 5.78 Å². The van der Waals surface area contributed by atoms with E-state index in [1.807, 2.05) is 0 Å². The number of carbonyl (C=O) groups excluding carboxylic acids is 4. The first kappa shape index (κ1) is 26.4. The predicted molar refractivity (Wildman–Crippen MR) is 129 cm³/mol. The first-order valence-corrected chi connectivity index (χ1v) is 12.0. The molecule has 1 aromatic rings. The zero-order valence-corrected chi connectivity index (χ0v) is 20.9. The maximum Gasteiger partial charge on any atom is 0.306 e. The number of benzene rings is 1. The van der Waals surface area contributed by atoms with Crippen LogP contribution in [0.4, 0.5) is 0 Å². The number of hydrogen-bond acceptors (Lipinski definition) is 10. The van der Waals surface area contributed by atoms with Crippen LogP contribution in [-0.2, 0) is 19.1 Å². The van der Waals surface area contributed by atoms with Gasteiger partial charge in [0, 0.05) is 17.9 Å². The number of nitrogens with two attached hydrogens (primary N) is 1. The number of primary amides is 1. The van der Waals surface area contributed by atoms with Gasteiger partial charge in [-0.15, -0.1) is 0 Å². The highest BCUT2D eigenvalue weighted by Gasteiger charge is 2.68. The number of Topliss-reactive ketones (excluding diaryl/α,β-unsaturated/α-hetero) is 2. The van der Waals surface area contributed by atoms with E-state index in [2.05, 4.69) is 0 Å². The molecule has 3 aliphatic rings. The lowest BCUT2D eigenvalue weighted by atomic mass is 9.55. The summed E-state index contributed by atoms with van der Waals surface area (Å²) in [6, 6.07) is 3.15. The van der Waals surface area contributed by atoms with Gasteiger partial charge in [-0.1, -0.05) is 26.0 Å². The zero-order valence-electron chi connectivity index (χ0n) is 20.9. The molecule has 0 heterocycles. The van der Waals surface area contributed by atoms with Crippen LogP contribution in [0.5, 0.6) is 5.75 Å². The van der Waals surface area contributed by atoms with Crippen molar-refractivity contribution in [2.24, 2.45) is 17.6 Å². The van der Waals surface area contributed by atoms with Gasteiger partial charge in [-0.3, -0.25) is 24.1 Å². The number of ketones is 2. The lowest BCUT2D eigenvalue weighted by Gasteiger charge is -2.54. The SMILES string of the molecule is CCCC(=O)O[C@@H]1[C@@H]2C(=C(O)[C@@]3(O)C(=O)C(C(N)=O)=C(O)[C@H](N(C)C)[C@@H]13)C(=O)c1c(O)cccc1[C@H]2C. The van der Waals surface area contributed by atoms with E-state index in [1.165, 1.54) is 25.1 Å². The van der Waals surface area contributed by atoms with Crippen LogP contribution in [0.2, 0.25) is 0 Å². The first-order valence-electron chi connectivity index (χ1n) is 12.0. The second-order valence-corrected chi connectivity index (χ2v) is 10.0. The normalized spacial score (nSPS) is 31.1. The van der Waals surface area contributed by atoms with Gasteiger partial charge in [-0.2, -0.15) is 0 Å². The summed E-state index contributed by atoms with van der Waals surface area (Å²) in [6.07, 6.45) is -0.969. The molecule has 0 spiro atoms. The number of phenols is 1. The number of nitrogens with zero attached hydrogens (tertiary/aromatic N) is 1. The minimum atomic E-state index is -2.94. The fourth-order valence-corrected chi connectivity index (χ4v) is 6.11. The molecule has 37 heavy (non-hydrogen) atoms. The molecule has 0 radical (unpaired) electrons. The number of amides is 1. The van der Waals surface area contributed by atoms with Gasteiger partial charge >= 0.3 is 5.97 Å². The van der Waals surface area contributed by atoms with Crippen LogP contribution in [0.25, 0.3) is 0 Å². The van der Waals surface area contributed by atoms with E-state index in [0.29, 0.717) is 12.0 Å². The molecule has 0 bridgehead atoms.